The maximum Gasteiger partial charge on any atom is 0.304 e. The molecule has 0 radical (unpaired) electrons. The third kappa shape index (κ3) is 6.85. The summed E-state index contributed by atoms with van der Waals surface area (Å²) in [6.45, 7) is 5.76. The van der Waals surface area contributed by atoms with Gasteiger partial charge in [-0.05, 0) is 78.8 Å². The number of piperidine rings is 1. The van der Waals surface area contributed by atoms with Crippen molar-refractivity contribution < 1.29 is 32.5 Å². The van der Waals surface area contributed by atoms with Crippen LogP contribution in [-0.2, 0) is 21.4 Å². The van der Waals surface area contributed by atoms with E-state index in [4.69, 9.17) is 19.3 Å². The molecule has 2 heterocycles. The Morgan fingerprint density at radius 1 is 1.02 bits per heavy atom. The molecule has 1 fully saturated rings. The zero-order valence-corrected chi connectivity index (χ0v) is 24.6. The van der Waals surface area contributed by atoms with Crippen LogP contribution in [0.25, 0.3) is 11.1 Å². The van der Waals surface area contributed by atoms with Crippen LogP contribution in [0.5, 0.6) is 17.2 Å². The van der Waals surface area contributed by atoms with Crippen LogP contribution in [-0.4, -0.2) is 55.9 Å². The molecular formula is C32H37NO7S. The highest BCUT2D eigenvalue weighted by atomic mass is 32.2. The molecule has 3 aromatic rings. The fourth-order valence-electron chi connectivity index (χ4n) is 5.94. The van der Waals surface area contributed by atoms with E-state index in [-0.39, 0.29) is 18.4 Å². The quantitative estimate of drug-likeness (QED) is 0.329. The Morgan fingerprint density at radius 3 is 2.54 bits per heavy atom. The average Bonchev–Trinajstić information content (AvgIpc) is 3.31. The van der Waals surface area contributed by atoms with Gasteiger partial charge in [0.2, 0.25) is 10.0 Å². The number of benzene rings is 3. The van der Waals surface area contributed by atoms with Gasteiger partial charge < -0.3 is 19.3 Å². The lowest BCUT2D eigenvalue weighted by Crippen LogP contribution is -2.46. The first-order chi connectivity index (χ1) is 19.6. The molecule has 8 nitrogen and oxygen atoms in total. The number of carboxylic acid groups (broad SMARTS) is 1. The van der Waals surface area contributed by atoms with E-state index in [1.165, 1.54) is 6.26 Å². The topological polar surface area (TPSA) is 102 Å². The van der Waals surface area contributed by atoms with Crippen LogP contribution in [0.2, 0.25) is 0 Å². The summed E-state index contributed by atoms with van der Waals surface area (Å²) in [6, 6.07) is 17.7. The molecule has 1 N–H and O–H groups in total. The second-order valence-electron chi connectivity index (χ2n) is 11.1. The van der Waals surface area contributed by atoms with Crippen molar-refractivity contribution in [3.05, 3.63) is 76.9 Å². The highest BCUT2D eigenvalue weighted by Crippen LogP contribution is 2.38. The number of ether oxygens (including phenoxy) is 3. The lowest BCUT2D eigenvalue weighted by Gasteiger charge is -2.33. The fourth-order valence-corrected chi connectivity index (χ4v) is 7.11. The standard InChI is InChI=1S/C32H37NO7S/c1-21-13-28(39-20-26-9-4-5-12-33(26)41(3,36)37)14-22(2)32(21)24-8-6-7-23(15-24)18-38-27-10-11-29-25(16-31(34)35)19-40-30(29)17-27/h6-8,10-11,13-15,17,25-26H,4-5,9,12,16,18-20H2,1-3H3,(H,34,35). The van der Waals surface area contributed by atoms with E-state index in [1.807, 2.05) is 42.5 Å². The van der Waals surface area contributed by atoms with Crippen LogP contribution in [0.15, 0.2) is 54.6 Å². The van der Waals surface area contributed by atoms with Crippen molar-refractivity contribution >= 4 is 16.0 Å². The molecule has 2 aliphatic heterocycles. The molecule has 2 atom stereocenters. The van der Waals surface area contributed by atoms with Gasteiger partial charge in [-0.1, -0.05) is 30.7 Å². The molecule has 5 rings (SSSR count). The molecule has 9 heteroatoms. The van der Waals surface area contributed by atoms with E-state index in [2.05, 4.69) is 26.0 Å². The van der Waals surface area contributed by atoms with Gasteiger partial charge in [0, 0.05) is 24.1 Å². The van der Waals surface area contributed by atoms with Gasteiger partial charge in [0.1, 0.15) is 30.5 Å². The van der Waals surface area contributed by atoms with Crippen molar-refractivity contribution in [3.8, 4) is 28.4 Å². The molecule has 2 unspecified atom stereocenters. The summed E-state index contributed by atoms with van der Waals surface area (Å²) in [5.41, 5.74) is 6.29. The predicted molar refractivity (Wildman–Crippen MR) is 157 cm³/mol. The molecule has 0 aromatic heterocycles. The van der Waals surface area contributed by atoms with Crippen LogP contribution >= 0.6 is 0 Å². The van der Waals surface area contributed by atoms with Crippen molar-refractivity contribution in [1.29, 1.82) is 0 Å². The lowest BCUT2D eigenvalue weighted by atomic mass is 9.94. The highest BCUT2D eigenvalue weighted by molar-refractivity contribution is 7.88. The Hall–Kier alpha value is -3.56. The Kier molecular flexibility index (Phi) is 8.56. The maximum atomic E-state index is 12.2. The number of carboxylic acids is 1. The number of sulfonamides is 1. The molecule has 0 bridgehead atoms. The van der Waals surface area contributed by atoms with Gasteiger partial charge >= 0.3 is 5.97 Å². The third-order valence-corrected chi connectivity index (χ3v) is 9.19. The lowest BCUT2D eigenvalue weighted by molar-refractivity contribution is -0.137. The summed E-state index contributed by atoms with van der Waals surface area (Å²) in [4.78, 5) is 11.1. The molecule has 3 aromatic carbocycles. The Balaban J connectivity index is 1.25. The summed E-state index contributed by atoms with van der Waals surface area (Å²) < 4.78 is 43.9. The largest absolute Gasteiger partial charge is 0.492 e. The second-order valence-corrected chi connectivity index (χ2v) is 13.0. The monoisotopic (exact) mass is 579 g/mol. The minimum Gasteiger partial charge on any atom is -0.492 e. The van der Waals surface area contributed by atoms with Gasteiger partial charge in [-0.25, -0.2) is 8.42 Å². The minimum absolute atomic E-state index is 0.0498. The van der Waals surface area contributed by atoms with Gasteiger partial charge in [-0.2, -0.15) is 4.31 Å². The van der Waals surface area contributed by atoms with Crippen molar-refractivity contribution in [2.75, 3.05) is 26.0 Å². The van der Waals surface area contributed by atoms with E-state index >= 15 is 0 Å². The Bertz CT molecular complexity index is 1510. The number of aliphatic carboxylic acids is 1. The molecule has 0 spiro atoms. The third-order valence-electron chi connectivity index (χ3n) is 7.85. The fraction of sp³-hybridized carbons (Fsp3) is 0.406. The molecular weight excluding hydrogens is 542 g/mol. The Morgan fingerprint density at radius 2 is 1.80 bits per heavy atom. The van der Waals surface area contributed by atoms with E-state index in [0.717, 1.165) is 58.4 Å². The second kappa shape index (κ2) is 12.1. The van der Waals surface area contributed by atoms with Gasteiger partial charge in [0.15, 0.2) is 0 Å². The van der Waals surface area contributed by atoms with E-state index in [1.54, 1.807) is 4.31 Å². The van der Waals surface area contributed by atoms with Crippen LogP contribution in [0.4, 0.5) is 0 Å². The number of hydrogen-bond donors (Lipinski definition) is 1. The predicted octanol–water partition coefficient (Wildman–Crippen LogP) is 5.69. The minimum atomic E-state index is -3.26. The van der Waals surface area contributed by atoms with E-state index in [9.17, 15) is 13.2 Å². The molecule has 0 aliphatic carbocycles. The summed E-state index contributed by atoms with van der Waals surface area (Å²) in [5.74, 6) is 1.13. The molecule has 1 saturated heterocycles. The zero-order valence-electron chi connectivity index (χ0n) is 23.8. The number of aryl methyl sites for hydroxylation is 2. The Labute approximate surface area is 241 Å². The normalized spacial score (nSPS) is 18.9. The van der Waals surface area contributed by atoms with Crippen molar-refractivity contribution in [3.63, 3.8) is 0 Å². The molecule has 218 valence electrons. The number of hydrogen-bond acceptors (Lipinski definition) is 6. The summed E-state index contributed by atoms with van der Waals surface area (Å²) in [5, 5.41) is 9.12. The van der Waals surface area contributed by atoms with Crippen LogP contribution < -0.4 is 14.2 Å². The van der Waals surface area contributed by atoms with Crippen molar-refractivity contribution in [2.24, 2.45) is 0 Å². The SMILES string of the molecule is Cc1cc(OCC2CCCCN2S(C)(=O)=O)cc(C)c1-c1cccc(COc2ccc3c(c2)OCC3CC(=O)O)c1. The number of fused-ring (bicyclic) bond motifs is 1. The zero-order chi connectivity index (χ0) is 29.1. The van der Waals surface area contributed by atoms with Crippen molar-refractivity contribution in [1.82, 2.24) is 4.31 Å². The van der Waals surface area contributed by atoms with Gasteiger partial charge in [-0.3, -0.25) is 4.79 Å². The summed E-state index contributed by atoms with van der Waals surface area (Å²) >= 11 is 0. The number of carbonyl (C=O) groups is 1. The smallest absolute Gasteiger partial charge is 0.304 e. The highest BCUT2D eigenvalue weighted by Gasteiger charge is 2.30. The van der Waals surface area contributed by atoms with E-state index in [0.29, 0.717) is 37.9 Å². The molecule has 0 amide bonds. The first-order valence-corrected chi connectivity index (χ1v) is 15.8. The number of nitrogens with zero attached hydrogens (tertiary/aromatic N) is 1. The number of rotatable bonds is 10. The van der Waals surface area contributed by atoms with Crippen LogP contribution in [0, 0.1) is 13.8 Å². The van der Waals surface area contributed by atoms with Crippen molar-refractivity contribution in [2.45, 2.75) is 58.1 Å². The first-order valence-electron chi connectivity index (χ1n) is 14.0. The molecule has 2 aliphatic rings. The average molecular weight is 580 g/mol. The van der Waals surface area contributed by atoms with Gasteiger partial charge in [-0.15, -0.1) is 0 Å². The molecule has 0 saturated carbocycles. The van der Waals surface area contributed by atoms with Crippen LogP contribution in [0.3, 0.4) is 0 Å². The van der Waals surface area contributed by atoms with Gasteiger partial charge in [0.25, 0.3) is 0 Å². The van der Waals surface area contributed by atoms with Gasteiger partial charge in [0.05, 0.1) is 25.3 Å². The van der Waals surface area contributed by atoms with Crippen LogP contribution in [0.1, 0.15) is 53.9 Å². The summed E-state index contributed by atoms with van der Waals surface area (Å²) in [6.07, 6.45) is 4.02. The summed E-state index contributed by atoms with van der Waals surface area (Å²) in [7, 11) is -3.26. The maximum absolute atomic E-state index is 12.2. The molecule has 41 heavy (non-hydrogen) atoms. The first kappa shape index (κ1) is 29.0. The van der Waals surface area contributed by atoms with E-state index < -0.39 is 16.0 Å².